The molecule has 9 heteroatoms. The maximum Gasteiger partial charge on any atom is 0.393 e. The van der Waals surface area contributed by atoms with Crippen LogP contribution in [-0.2, 0) is 4.79 Å². The molecule has 34 heavy (non-hydrogen) atoms. The van der Waals surface area contributed by atoms with E-state index in [0.717, 1.165) is 25.9 Å². The standard InChI is InChI=1S/C25H28F3N5O/c26-25(27,28)18-12-19(31-24(34)16-7-10-32(11-8-16)20-4-5-20)15-33(14-18)22-6-3-17(13-29)23-21(22)2-1-9-30-23/h1-3,6,9,16,18-20H,4-5,7-8,10-12,14-15H2,(H,31,34). The van der Waals surface area contributed by atoms with Crippen molar-refractivity contribution in [2.45, 2.75) is 50.4 Å². The summed E-state index contributed by atoms with van der Waals surface area (Å²) in [6.07, 6.45) is 1.05. The van der Waals surface area contributed by atoms with Crippen molar-refractivity contribution in [1.29, 1.82) is 5.26 Å². The number of amides is 1. The van der Waals surface area contributed by atoms with Gasteiger partial charge in [0.2, 0.25) is 5.91 Å². The SMILES string of the molecule is N#Cc1ccc(N2CC(NC(=O)C3CCN(C4CC4)CC3)CC(C(F)(F)F)C2)c2cccnc12. The molecule has 2 aliphatic heterocycles. The van der Waals surface area contributed by atoms with E-state index >= 15 is 0 Å². The Morgan fingerprint density at radius 2 is 1.88 bits per heavy atom. The lowest BCUT2D eigenvalue weighted by molar-refractivity contribution is -0.178. The average Bonchev–Trinajstić information content (AvgIpc) is 3.68. The van der Waals surface area contributed by atoms with E-state index in [9.17, 15) is 23.2 Å². The molecule has 3 aliphatic rings. The molecule has 1 amide bonds. The highest BCUT2D eigenvalue weighted by molar-refractivity contribution is 5.95. The Labute approximate surface area is 196 Å². The van der Waals surface area contributed by atoms with E-state index in [4.69, 9.17) is 0 Å². The summed E-state index contributed by atoms with van der Waals surface area (Å²) in [6, 6.07) is 8.94. The Morgan fingerprint density at radius 1 is 1.12 bits per heavy atom. The van der Waals surface area contributed by atoms with Crippen LogP contribution >= 0.6 is 0 Å². The van der Waals surface area contributed by atoms with E-state index < -0.39 is 18.1 Å². The minimum atomic E-state index is -4.36. The third-order valence-electron chi connectivity index (χ3n) is 7.43. The molecule has 1 aromatic carbocycles. The number of carbonyl (C=O) groups is 1. The van der Waals surface area contributed by atoms with E-state index in [0.29, 0.717) is 28.2 Å². The number of anilines is 1. The summed E-state index contributed by atoms with van der Waals surface area (Å²) in [5.74, 6) is -1.82. The molecule has 5 rings (SSSR count). The fourth-order valence-electron chi connectivity index (χ4n) is 5.45. The van der Waals surface area contributed by atoms with Crippen LogP contribution in [0.15, 0.2) is 30.5 Å². The molecular weight excluding hydrogens is 443 g/mol. The largest absolute Gasteiger partial charge is 0.393 e. The molecule has 3 fully saturated rings. The summed E-state index contributed by atoms with van der Waals surface area (Å²) in [4.78, 5) is 21.4. The minimum Gasteiger partial charge on any atom is -0.368 e. The zero-order valence-corrected chi connectivity index (χ0v) is 18.9. The number of carbonyl (C=O) groups excluding carboxylic acids is 1. The topological polar surface area (TPSA) is 72.3 Å². The highest BCUT2D eigenvalue weighted by Gasteiger charge is 2.45. The average molecular weight is 472 g/mol. The van der Waals surface area contributed by atoms with E-state index in [1.165, 1.54) is 12.8 Å². The quantitative estimate of drug-likeness (QED) is 0.733. The number of aromatic nitrogens is 1. The smallest absolute Gasteiger partial charge is 0.368 e. The molecule has 2 atom stereocenters. The first-order valence-corrected chi connectivity index (χ1v) is 12.0. The molecule has 2 aromatic rings. The number of alkyl halides is 3. The zero-order valence-electron chi connectivity index (χ0n) is 18.9. The molecule has 6 nitrogen and oxygen atoms in total. The van der Waals surface area contributed by atoms with Gasteiger partial charge in [-0.25, -0.2) is 0 Å². The fourth-order valence-corrected chi connectivity index (χ4v) is 5.45. The van der Waals surface area contributed by atoms with E-state index in [1.807, 2.05) is 0 Å². The van der Waals surface area contributed by atoms with Crippen LogP contribution in [0, 0.1) is 23.2 Å². The van der Waals surface area contributed by atoms with Gasteiger partial charge < -0.3 is 15.1 Å². The lowest BCUT2D eigenvalue weighted by Crippen LogP contribution is -2.55. The molecular formula is C25H28F3N5O. The second kappa shape index (κ2) is 9.06. The molecule has 2 unspecified atom stereocenters. The van der Waals surface area contributed by atoms with Gasteiger partial charge in [-0.05, 0) is 69.5 Å². The highest BCUT2D eigenvalue weighted by atomic mass is 19.4. The molecule has 1 aromatic heterocycles. The molecule has 2 saturated heterocycles. The lowest BCUT2D eigenvalue weighted by Gasteiger charge is -2.41. The number of nitrogens with one attached hydrogen (secondary N) is 1. The first-order chi connectivity index (χ1) is 16.3. The number of likely N-dealkylation sites (tertiary alicyclic amines) is 1. The van der Waals surface area contributed by atoms with Gasteiger partial charge in [-0.1, -0.05) is 0 Å². The molecule has 3 heterocycles. The number of hydrogen-bond acceptors (Lipinski definition) is 5. The maximum absolute atomic E-state index is 13.9. The summed E-state index contributed by atoms with van der Waals surface area (Å²) in [5.41, 5.74) is 1.46. The summed E-state index contributed by atoms with van der Waals surface area (Å²) in [5, 5.41) is 13.0. The number of nitriles is 1. The number of fused-ring (bicyclic) bond motifs is 1. The van der Waals surface area contributed by atoms with Gasteiger partial charge in [0.25, 0.3) is 0 Å². The minimum absolute atomic E-state index is 0.126. The Balaban J connectivity index is 1.35. The molecule has 0 radical (unpaired) electrons. The summed E-state index contributed by atoms with van der Waals surface area (Å²) in [6.45, 7) is 1.87. The van der Waals surface area contributed by atoms with Crippen molar-refractivity contribution in [3.05, 3.63) is 36.0 Å². The molecule has 0 spiro atoms. The number of nitrogens with zero attached hydrogens (tertiary/aromatic N) is 4. The van der Waals surface area contributed by atoms with Crippen LogP contribution in [0.5, 0.6) is 0 Å². The number of piperidine rings is 2. The Morgan fingerprint density at radius 3 is 2.56 bits per heavy atom. The van der Waals surface area contributed by atoms with Crippen molar-refractivity contribution in [3.63, 3.8) is 0 Å². The molecule has 180 valence electrons. The number of rotatable bonds is 4. The van der Waals surface area contributed by atoms with Crippen molar-refractivity contribution in [2.75, 3.05) is 31.1 Å². The van der Waals surface area contributed by atoms with Crippen LogP contribution in [-0.4, -0.2) is 60.2 Å². The third kappa shape index (κ3) is 4.69. The maximum atomic E-state index is 13.9. The van der Waals surface area contributed by atoms with E-state index in [-0.39, 0.29) is 31.3 Å². The first-order valence-electron chi connectivity index (χ1n) is 12.0. The van der Waals surface area contributed by atoms with Gasteiger partial charge in [0.1, 0.15) is 6.07 Å². The van der Waals surface area contributed by atoms with Crippen molar-refractivity contribution in [3.8, 4) is 6.07 Å². The van der Waals surface area contributed by atoms with Crippen LogP contribution in [0.2, 0.25) is 0 Å². The number of halogens is 3. The van der Waals surface area contributed by atoms with Gasteiger partial charge in [-0.2, -0.15) is 18.4 Å². The number of benzene rings is 1. The zero-order chi connectivity index (χ0) is 23.9. The second-order valence-electron chi connectivity index (χ2n) is 9.77. The third-order valence-corrected chi connectivity index (χ3v) is 7.43. The normalized spacial score (nSPS) is 24.7. The van der Waals surface area contributed by atoms with Crippen LogP contribution in [0.4, 0.5) is 18.9 Å². The predicted octanol–water partition coefficient (Wildman–Crippen LogP) is 3.85. The van der Waals surface area contributed by atoms with Crippen LogP contribution < -0.4 is 10.2 Å². The Kier molecular flexibility index (Phi) is 6.11. The van der Waals surface area contributed by atoms with E-state index in [2.05, 4.69) is 21.3 Å². The second-order valence-corrected chi connectivity index (χ2v) is 9.77. The summed E-state index contributed by atoms with van der Waals surface area (Å²) in [7, 11) is 0. The van der Waals surface area contributed by atoms with Crippen LogP contribution in [0.25, 0.3) is 10.9 Å². The summed E-state index contributed by atoms with van der Waals surface area (Å²) < 4.78 is 41.6. The number of pyridine rings is 1. The number of hydrogen-bond donors (Lipinski definition) is 1. The van der Waals surface area contributed by atoms with Gasteiger partial charge in [-0.15, -0.1) is 0 Å². The van der Waals surface area contributed by atoms with Crippen molar-refractivity contribution >= 4 is 22.5 Å². The molecule has 1 N–H and O–H groups in total. The molecule has 1 aliphatic carbocycles. The fraction of sp³-hybridized carbons (Fsp3) is 0.560. The summed E-state index contributed by atoms with van der Waals surface area (Å²) >= 11 is 0. The predicted molar refractivity (Wildman–Crippen MR) is 122 cm³/mol. The van der Waals surface area contributed by atoms with Gasteiger partial charge in [0, 0.05) is 48.4 Å². The van der Waals surface area contributed by atoms with Gasteiger partial charge in [0.05, 0.1) is 17.0 Å². The molecule has 1 saturated carbocycles. The lowest BCUT2D eigenvalue weighted by atomic mass is 9.90. The highest BCUT2D eigenvalue weighted by Crippen LogP contribution is 2.38. The van der Waals surface area contributed by atoms with Gasteiger partial charge in [0.15, 0.2) is 0 Å². The van der Waals surface area contributed by atoms with Crippen molar-refractivity contribution in [2.24, 2.45) is 11.8 Å². The Bertz CT molecular complexity index is 1100. The monoisotopic (exact) mass is 471 g/mol. The van der Waals surface area contributed by atoms with Gasteiger partial charge in [-0.3, -0.25) is 9.78 Å². The van der Waals surface area contributed by atoms with Crippen LogP contribution in [0.1, 0.15) is 37.7 Å². The first kappa shape index (κ1) is 22.9. The van der Waals surface area contributed by atoms with E-state index in [1.54, 1.807) is 35.4 Å². The van der Waals surface area contributed by atoms with Gasteiger partial charge >= 0.3 is 6.18 Å². The van der Waals surface area contributed by atoms with Crippen LogP contribution in [0.3, 0.4) is 0 Å². The van der Waals surface area contributed by atoms with Crippen molar-refractivity contribution in [1.82, 2.24) is 15.2 Å². The Hall–Kier alpha value is -2.86. The molecule has 0 bridgehead atoms. The van der Waals surface area contributed by atoms with Crippen molar-refractivity contribution < 1.29 is 18.0 Å².